The molecule has 1 heterocycles. The Morgan fingerprint density at radius 3 is 2.02 bits per heavy atom. The van der Waals surface area contributed by atoms with Gasteiger partial charge in [0.15, 0.2) is 6.04 Å². The molecule has 0 fully saturated rings. The highest BCUT2D eigenvalue weighted by atomic mass is 35.5. The van der Waals surface area contributed by atoms with Crippen molar-refractivity contribution < 1.29 is 34.1 Å². The first kappa shape index (κ1) is 45.3. The molecule has 0 radical (unpaired) electrons. The number of nitrogens with one attached hydrogen (secondary N) is 4. The molecule has 0 bridgehead atoms. The number of hydrogen-bond acceptors (Lipinski definition) is 9. The number of carboxylic acids is 1. The Bertz CT molecular complexity index is 2160. The van der Waals surface area contributed by atoms with E-state index in [0.717, 1.165) is 16.1 Å². The third-order valence-corrected chi connectivity index (χ3v) is 10.3. The number of rotatable bonds is 18. The van der Waals surface area contributed by atoms with Gasteiger partial charge in [-0.05, 0) is 58.7 Å². The van der Waals surface area contributed by atoms with E-state index in [1.807, 2.05) is 48.5 Å². The molecule has 1 aromatic heterocycles. The second-order valence-corrected chi connectivity index (χ2v) is 16.6. The summed E-state index contributed by atoms with van der Waals surface area (Å²) in [5.74, 6) is -2.61. The average molecular weight is 840 g/mol. The number of hydrogen-bond donors (Lipinski definition) is 6. The predicted molar refractivity (Wildman–Crippen MR) is 231 cm³/mol. The van der Waals surface area contributed by atoms with Crippen LogP contribution in [0.5, 0.6) is 0 Å². The largest absolute Gasteiger partial charge is 0.480 e. The van der Waals surface area contributed by atoms with Crippen LogP contribution in [0.25, 0.3) is 11.0 Å². The number of aromatic nitrogens is 2. The molecule has 0 aliphatic rings. The number of hydrazine groups is 1. The van der Waals surface area contributed by atoms with Crippen molar-refractivity contribution in [1.29, 1.82) is 0 Å². The number of aromatic amines is 1. The second kappa shape index (κ2) is 20.4. The lowest BCUT2D eigenvalue weighted by Gasteiger charge is -2.40. The zero-order chi connectivity index (χ0) is 43.6. The number of halogens is 1. The Morgan fingerprint density at radius 2 is 1.43 bits per heavy atom. The maximum atomic E-state index is 14.6. The van der Waals surface area contributed by atoms with Gasteiger partial charge < -0.3 is 25.3 Å². The number of aliphatic carboxylic acids is 1. The molecule has 5 aromatic rings. The summed E-state index contributed by atoms with van der Waals surface area (Å²) in [6.07, 6.45) is -2.61. The molecule has 4 aromatic carbocycles. The number of imidazole rings is 1. The van der Waals surface area contributed by atoms with Gasteiger partial charge in [0.05, 0.1) is 23.2 Å². The van der Waals surface area contributed by atoms with Gasteiger partial charge in [0.25, 0.3) is 5.91 Å². The first-order valence-corrected chi connectivity index (χ1v) is 20.1. The molecule has 6 N–H and O–H groups in total. The summed E-state index contributed by atoms with van der Waals surface area (Å²) in [6, 6.07) is 27.1. The van der Waals surface area contributed by atoms with Crippen LogP contribution in [0.1, 0.15) is 51.3 Å². The van der Waals surface area contributed by atoms with Crippen LogP contribution >= 0.6 is 11.6 Å². The Labute approximate surface area is 355 Å². The number of fused-ring (bicyclic) bond motifs is 1. The van der Waals surface area contributed by atoms with E-state index in [9.17, 15) is 29.4 Å². The van der Waals surface area contributed by atoms with Crippen molar-refractivity contribution >= 4 is 52.5 Å². The van der Waals surface area contributed by atoms with E-state index < -0.39 is 65.5 Å². The molecule has 5 rings (SSSR count). The SMILES string of the molecule is CC(C)[C@@H](NC(=O)C(NCc1ccc(Cl)cc1)[C@H](O)[C@H](Cc1ccccc1)NN(C(=O)OCc1ccccc1)[C@H](C(=O)O)C(C)(C)C)C(=O)N(C)c1nc2ccccc2[nH]1. The van der Waals surface area contributed by atoms with Crippen molar-refractivity contribution in [2.24, 2.45) is 11.3 Å². The van der Waals surface area contributed by atoms with Gasteiger partial charge in [-0.3, -0.25) is 19.8 Å². The Morgan fingerprint density at radius 1 is 0.833 bits per heavy atom. The summed E-state index contributed by atoms with van der Waals surface area (Å²) < 4.78 is 5.68. The number of benzene rings is 4. The Balaban J connectivity index is 1.51. The van der Waals surface area contributed by atoms with Crippen LogP contribution in [-0.2, 0) is 38.7 Å². The number of carbonyl (C=O) groups excluding carboxylic acids is 3. The molecule has 0 saturated heterocycles. The number of ether oxygens (including phenoxy) is 1. The minimum Gasteiger partial charge on any atom is -0.480 e. The average Bonchev–Trinajstić information content (AvgIpc) is 3.66. The number of aliphatic hydroxyl groups excluding tert-OH is 1. The first-order valence-electron chi connectivity index (χ1n) is 19.7. The molecule has 0 aliphatic heterocycles. The highest BCUT2D eigenvalue weighted by molar-refractivity contribution is 6.30. The Hall–Kier alpha value is -5.80. The number of anilines is 1. The van der Waals surface area contributed by atoms with Gasteiger partial charge in [-0.2, -0.15) is 0 Å². The predicted octanol–water partition coefficient (Wildman–Crippen LogP) is 6.09. The van der Waals surface area contributed by atoms with Crippen molar-refractivity contribution in [1.82, 2.24) is 31.0 Å². The topological polar surface area (TPSA) is 189 Å². The fraction of sp³-hybridized carbons (Fsp3) is 0.356. The number of aliphatic hydroxyl groups is 1. The van der Waals surface area contributed by atoms with Crippen molar-refractivity contribution in [3.63, 3.8) is 0 Å². The summed E-state index contributed by atoms with van der Waals surface area (Å²) >= 11 is 6.15. The quantitative estimate of drug-likeness (QED) is 0.0564. The lowest BCUT2D eigenvalue weighted by molar-refractivity contribution is -0.150. The molecule has 14 nitrogen and oxygen atoms in total. The summed E-state index contributed by atoms with van der Waals surface area (Å²) in [5, 5.41) is 30.5. The normalized spacial score (nSPS) is 14.2. The number of nitrogens with zero attached hydrogens (tertiary/aromatic N) is 3. The zero-order valence-corrected chi connectivity index (χ0v) is 35.4. The maximum Gasteiger partial charge on any atom is 0.425 e. The van der Waals surface area contributed by atoms with Crippen LogP contribution in [0.2, 0.25) is 5.02 Å². The molecule has 318 valence electrons. The van der Waals surface area contributed by atoms with Gasteiger partial charge in [-0.25, -0.2) is 25.0 Å². The monoisotopic (exact) mass is 839 g/mol. The molecule has 0 aliphatic carbocycles. The van der Waals surface area contributed by atoms with Gasteiger partial charge in [0.1, 0.15) is 18.7 Å². The summed E-state index contributed by atoms with van der Waals surface area (Å²) in [5.41, 5.74) is 5.52. The highest BCUT2D eigenvalue weighted by Gasteiger charge is 2.44. The van der Waals surface area contributed by atoms with Crippen molar-refractivity contribution in [3.05, 3.63) is 131 Å². The Kier molecular flexibility index (Phi) is 15.4. The third kappa shape index (κ3) is 11.9. The molecule has 5 atom stereocenters. The molecule has 3 amide bonds. The van der Waals surface area contributed by atoms with E-state index in [1.54, 1.807) is 102 Å². The van der Waals surface area contributed by atoms with Crippen LogP contribution in [0, 0.1) is 11.3 Å². The van der Waals surface area contributed by atoms with Gasteiger partial charge in [0.2, 0.25) is 11.9 Å². The van der Waals surface area contributed by atoms with E-state index >= 15 is 0 Å². The molecular formula is C45H54ClN7O7. The van der Waals surface area contributed by atoms with Crippen molar-refractivity contribution in [3.8, 4) is 0 Å². The minimum absolute atomic E-state index is 0.0364. The number of carboxylic acid groups (broad SMARTS) is 1. The first-order chi connectivity index (χ1) is 28.5. The van der Waals surface area contributed by atoms with E-state index in [0.29, 0.717) is 21.7 Å². The molecule has 15 heteroatoms. The van der Waals surface area contributed by atoms with Crippen LogP contribution < -0.4 is 21.0 Å². The maximum absolute atomic E-state index is 14.6. The van der Waals surface area contributed by atoms with Gasteiger partial charge in [-0.15, -0.1) is 0 Å². The van der Waals surface area contributed by atoms with E-state index in [2.05, 4.69) is 26.0 Å². The molecule has 1 unspecified atom stereocenters. The van der Waals surface area contributed by atoms with Gasteiger partial charge in [-0.1, -0.05) is 131 Å². The van der Waals surface area contributed by atoms with E-state index in [4.69, 9.17) is 16.3 Å². The van der Waals surface area contributed by atoms with Gasteiger partial charge in [0, 0.05) is 18.6 Å². The summed E-state index contributed by atoms with van der Waals surface area (Å²) in [7, 11) is 1.56. The lowest BCUT2D eigenvalue weighted by Crippen LogP contribution is -2.66. The number of carbonyl (C=O) groups is 4. The fourth-order valence-electron chi connectivity index (χ4n) is 6.78. The van der Waals surface area contributed by atoms with Crippen molar-refractivity contribution in [2.75, 3.05) is 11.9 Å². The second-order valence-electron chi connectivity index (χ2n) is 16.1. The van der Waals surface area contributed by atoms with E-state index in [1.165, 1.54) is 4.90 Å². The van der Waals surface area contributed by atoms with E-state index in [-0.39, 0.29) is 25.5 Å². The fourth-order valence-corrected chi connectivity index (χ4v) is 6.90. The van der Waals surface area contributed by atoms with Gasteiger partial charge >= 0.3 is 12.1 Å². The summed E-state index contributed by atoms with van der Waals surface area (Å²) in [4.78, 5) is 64.8. The number of para-hydroxylation sites is 2. The lowest BCUT2D eigenvalue weighted by atomic mass is 9.86. The number of H-pyrrole nitrogens is 1. The molecule has 0 spiro atoms. The minimum atomic E-state index is -1.65. The summed E-state index contributed by atoms with van der Waals surface area (Å²) in [6.45, 7) is 8.53. The van der Waals surface area contributed by atoms with Crippen LogP contribution in [0.3, 0.4) is 0 Å². The molecular weight excluding hydrogens is 786 g/mol. The number of likely N-dealkylation sites (N-methyl/N-ethyl adjacent to an activating group) is 1. The third-order valence-electron chi connectivity index (χ3n) is 10.0. The smallest absolute Gasteiger partial charge is 0.425 e. The van der Waals surface area contributed by atoms with Crippen molar-refractivity contribution in [2.45, 2.75) is 84.5 Å². The molecule has 60 heavy (non-hydrogen) atoms. The molecule has 0 saturated carbocycles. The standard InChI is InChI=1S/C45H54ClN7O7/c1-28(2)36(41(56)52(6)43-48-33-19-13-14-20-34(33)49-43)50-40(55)37(47-26-30-21-23-32(46)24-22-30)38(54)35(25-29-15-9-7-10-16-29)51-53(39(42(57)58)45(3,4)5)44(59)60-27-31-17-11-8-12-18-31/h7-24,28,35-39,47,51,54H,25-27H2,1-6H3,(H,48,49)(H,50,55)(H,57,58)/t35-,36+,37?,38+,39+/m0/s1. The van der Waals surface area contributed by atoms with Crippen LogP contribution in [-0.4, -0.2) is 86.4 Å². The zero-order valence-electron chi connectivity index (χ0n) is 34.6. The highest BCUT2D eigenvalue weighted by Crippen LogP contribution is 2.26. The number of amides is 3. The van der Waals surface area contributed by atoms with Crippen LogP contribution in [0.15, 0.2) is 109 Å². The van der Waals surface area contributed by atoms with Crippen LogP contribution in [0.4, 0.5) is 10.7 Å².